The van der Waals surface area contributed by atoms with Gasteiger partial charge in [0.25, 0.3) is 0 Å². The lowest BCUT2D eigenvalue weighted by molar-refractivity contribution is -0.309. The molecular formula is C16H12BrFNO5-. The minimum atomic E-state index is -1.57. The number of esters is 1. The van der Waals surface area contributed by atoms with Crippen molar-refractivity contribution in [2.24, 2.45) is 5.92 Å². The molecule has 1 aromatic heterocycles. The van der Waals surface area contributed by atoms with Gasteiger partial charge in [0, 0.05) is 21.5 Å². The predicted octanol–water partition coefficient (Wildman–Crippen LogP) is 1.60. The molecule has 2 aromatic rings. The number of halogens is 2. The molecule has 126 valence electrons. The number of carbonyl (C=O) groups excluding carboxylic acids is 3. The Kier molecular flexibility index (Phi) is 4.16. The second-order valence-electron chi connectivity index (χ2n) is 5.48. The number of ether oxygens (including phenoxy) is 1. The van der Waals surface area contributed by atoms with E-state index in [0.717, 1.165) is 10.6 Å². The molecule has 0 bridgehead atoms. The molecular weight excluding hydrogens is 385 g/mol. The fourth-order valence-corrected chi connectivity index (χ4v) is 3.67. The second-order valence-corrected chi connectivity index (χ2v) is 6.33. The molecule has 0 saturated carbocycles. The Morgan fingerprint density at radius 2 is 2.08 bits per heavy atom. The number of aliphatic carboxylic acids is 1. The Morgan fingerprint density at radius 1 is 1.38 bits per heavy atom. The smallest absolute Gasteiger partial charge is 0.306 e. The van der Waals surface area contributed by atoms with E-state index in [9.17, 15) is 23.9 Å². The van der Waals surface area contributed by atoms with Crippen LogP contribution < -0.4 is 5.11 Å². The van der Waals surface area contributed by atoms with Crippen molar-refractivity contribution in [2.75, 3.05) is 6.61 Å². The Bertz CT molecular complexity index is 875. The summed E-state index contributed by atoms with van der Waals surface area (Å²) in [7, 11) is 0. The van der Waals surface area contributed by atoms with E-state index >= 15 is 0 Å². The minimum Gasteiger partial charge on any atom is -0.549 e. The van der Waals surface area contributed by atoms with Crippen molar-refractivity contribution in [3.8, 4) is 0 Å². The van der Waals surface area contributed by atoms with Crippen LogP contribution in [0.3, 0.4) is 0 Å². The zero-order chi connectivity index (χ0) is 17.6. The summed E-state index contributed by atoms with van der Waals surface area (Å²) in [4.78, 5) is 35.7. The molecule has 6 nitrogen and oxygen atoms in total. The monoisotopic (exact) mass is 396 g/mol. The number of carbonyl (C=O) groups is 3. The third kappa shape index (κ3) is 2.50. The average molecular weight is 397 g/mol. The van der Waals surface area contributed by atoms with Crippen molar-refractivity contribution in [1.82, 2.24) is 4.57 Å². The van der Waals surface area contributed by atoms with E-state index in [1.165, 1.54) is 6.07 Å². The highest BCUT2D eigenvalue weighted by Crippen LogP contribution is 2.42. The van der Waals surface area contributed by atoms with Crippen LogP contribution in [-0.2, 0) is 14.3 Å². The number of rotatable bonds is 4. The first-order valence-corrected chi connectivity index (χ1v) is 8.05. The number of hydrogen-bond donors (Lipinski definition) is 0. The maximum absolute atomic E-state index is 13.7. The molecule has 1 aliphatic rings. The van der Waals surface area contributed by atoms with Gasteiger partial charge in [-0.15, -0.1) is 0 Å². The number of benzene rings is 1. The lowest BCUT2D eigenvalue weighted by Gasteiger charge is -2.17. The van der Waals surface area contributed by atoms with Crippen LogP contribution in [-0.4, -0.2) is 29.0 Å². The molecule has 0 radical (unpaired) electrons. The van der Waals surface area contributed by atoms with E-state index in [2.05, 4.69) is 15.9 Å². The van der Waals surface area contributed by atoms with Gasteiger partial charge < -0.3 is 14.6 Å². The van der Waals surface area contributed by atoms with Gasteiger partial charge in [0.1, 0.15) is 5.82 Å². The van der Waals surface area contributed by atoms with Gasteiger partial charge in [-0.05, 0) is 41.1 Å². The Morgan fingerprint density at radius 3 is 2.71 bits per heavy atom. The first-order chi connectivity index (χ1) is 11.3. The molecule has 1 aliphatic heterocycles. The molecule has 0 N–H and O–H groups in total. The predicted molar refractivity (Wildman–Crippen MR) is 82.7 cm³/mol. The van der Waals surface area contributed by atoms with Crippen LogP contribution in [0.15, 0.2) is 22.7 Å². The van der Waals surface area contributed by atoms with Crippen molar-refractivity contribution >= 4 is 44.7 Å². The van der Waals surface area contributed by atoms with Gasteiger partial charge in [-0.25, -0.2) is 4.39 Å². The van der Waals surface area contributed by atoms with Gasteiger partial charge >= 0.3 is 5.97 Å². The van der Waals surface area contributed by atoms with Crippen molar-refractivity contribution < 1.29 is 28.6 Å². The van der Waals surface area contributed by atoms with Crippen LogP contribution in [0.5, 0.6) is 0 Å². The lowest BCUT2D eigenvalue weighted by Crippen LogP contribution is -2.38. The number of fused-ring (bicyclic) bond motifs is 3. The molecule has 0 spiro atoms. The van der Waals surface area contributed by atoms with Gasteiger partial charge in [-0.2, -0.15) is 0 Å². The summed E-state index contributed by atoms with van der Waals surface area (Å²) >= 11 is 3.22. The number of nitrogens with zero attached hydrogens (tertiary/aromatic N) is 1. The van der Waals surface area contributed by atoms with Gasteiger partial charge in [-0.1, -0.05) is 0 Å². The molecule has 0 amide bonds. The van der Waals surface area contributed by atoms with Gasteiger partial charge in [-0.3, -0.25) is 14.2 Å². The van der Waals surface area contributed by atoms with Crippen molar-refractivity contribution in [3.63, 3.8) is 0 Å². The summed E-state index contributed by atoms with van der Waals surface area (Å²) in [6, 6.07) is 3.99. The molecule has 0 fully saturated rings. The first-order valence-electron chi connectivity index (χ1n) is 7.26. The molecule has 0 aliphatic carbocycles. The van der Waals surface area contributed by atoms with E-state index in [-0.39, 0.29) is 18.5 Å². The van der Waals surface area contributed by atoms with E-state index in [0.29, 0.717) is 15.6 Å². The highest BCUT2D eigenvalue weighted by Gasteiger charge is 2.43. The van der Waals surface area contributed by atoms with E-state index in [1.807, 2.05) is 0 Å². The van der Waals surface area contributed by atoms with Crippen LogP contribution in [0.4, 0.5) is 4.39 Å². The normalized spacial score (nSPS) is 19.5. The largest absolute Gasteiger partial charge is 0.549 e. The molecule has 1 aromatic carbocycles. The fraction of sp³-hybridized carbons (Fsp3) is 0.312. The van der Waals surface area contributed by atoms with Gasteiger partial charge in [0.15, 0.2) is 0 Å². The SMILES string of the molecule is CCOC(=O)CC1c2cc3c(Br)cc(F)cc3n2C(=O)C1C(=O)[O-]. The lowest BCUT2D eigenvalue weighted by atomic mass is 9.89. The number of hydrogen-bond acceptors (Lipinski definition) is 5. The van der Waals surface area contributed by atoms with Crippen LogP contribution in [0.25, 0.3) is 10.9 Å². The zero-order valence-electron chi connectivity index (χ0n) is 12.5. The van der Waals surface area contributed by atoms with Crippen LogP contribution in [0.2, 0.25) is 0 Å². The molecule has 2 heterocycles. The first kappa shape index (κ1) is 16.6. The third-order valence-corrected chi connectivity index (χ3v) is 4.73. The van der Waals surface area contributed by atoms with Crippen LogP contribution in [0, 0.1) is 11.7 Å². The fourth-order valence-electron chi connectivity index (χ4n) is 3.14. The van der Waals surface area contributed by atoms with Crippen LogP contribution >= 0.6 is 15.9 Å². The minimum absolute atomic E-state index is 0.148. The van der Waals surface area contributed by atoms with Gasteiger partial charge in [0.05, 0.1) is 30.4 Å². The van der Waals surface area contributed by atoms with Crippen molar-refractivity contribution in [3.05, 3.63) is 34.2 Å². The van der Waals surface area contributed by atoms with Crippen LogP contribution in [0.1, 0.15) is 29.8 Å². The Hall–Kier alpha value is -2.22. The molecule has 0 saturated heterocycles. The summed E-state index contributed by atoms with van der Waals surface area (Å²) in [5.74, 6) is -5.90. The highest BCUT2D eigenvalue weighted by molar-refractivity contribution is 9.10. The molecule has 8 heteroatoms. The topological polar surface area (TPSA) is 88.4 Å². The molecule has 3 rings (SSSR count). The highest BCUT2D eigenvalue weighted by atomic mass is 79.9. The van der Waals surface area contributed by atoms with E-state index in [1.54, 1.807) is 13.0 Å². The van der Waals surface area contributed by atoms with Gasteiger partial charge in [0.2, 0.25) is 5.91 Å². The maximum atomic E-state index is 13.7. The Balaban J connectivity index is 2.16. The summed E-state index contributed by atoms with van der Waals surface area (Å²) in [5.41, 5.74) is 0.586. The Labute approximate surface area is 144 Å². The van der Waals surface area contributed by atoms with Crippen molar-refractivity contribution in [1.29, 1.82) is 0 Å². The maximum Gasteiger partial charge on any atom is 0.306 e. The quantitative estimate of drug-likeness (QED) is 0.578. The van der Waals surface area contributed by atoms with Crippen molar-refractivity contribution in [2.45, 2.75) is 19.3 Å². The second kappa shape index (κ2) is 6.01. The molecule has 2 unspecified atom stereocenters. The summed E-state index contributed by atoms with van der Waals surface area (Å²) in [6.07, 6.45) is -0.269. The summed E-state index contributed by atoms with van der Waals surface area (Å²) in [5, 5.41) is 12.0. The number of carboxylic acids is 1. The number of carboxylic acid groups (broad SMARTS) is 1. The average Bonchev–Trinajstić information content (AvgIpc) is 2.96. The molecule has 2 atom stereocenters. The number of aromatic nitrogens is 1. The van der Waals surface area contributed by atoms with E-state index in [4.69, 9.17) is 4.74 Å². The van der Waals surface area contributed by atoms with E-state index < -0.39 is 35.5 Å². The summed E-state index contributed by atoms with van der Waals surface area (Å²) < 4.78 is 20.1. The molecule has 24 heavy (non-hydrogen) atoms. The standard InChI is InChI=1S/C16H13BrFNO5/c1-2-24-13(20)6-9-12-5-8-10(17)3-7(18)4-11(8)19(12)15(21)14(9)16(22)23/h3-5,9,14H,2,6H2,1H3,(H,22,23)/p-1. The summed E-state index contributed by atoms with van der Waals surface area (Å²) in [6.45, 7) is 1.78. The zero-order valence-corrected chi connectivity index (χ0v) is 14.1. The third-order valence-electron chi connectivity index (χ3n) is 4.08.